The molecule has 4 aromatic carbocycles. The zero-order chi connectivity index (χ0) is 34.5. The highest BCUT2D eigenvalue weighted by Crippen LogP contribution is 2.50. The van der Waals surface area contributed by atoms with Crippen LogP contribution in [0.5, 0.6) is 5.75 Å². The summed E-state index contributed by atoms with van der Waals surface area (Å²) >= 11 is 0. The van der Waals surface area contributed by atoms with Crippen LogP contribution in [-0.2, 0) is 12.1 Å². The van der Waals surface area contributed by atoms with Crippen LogP contribution in [0.1, 0.15) is 51.2 Å². The summed E-state index contributed by atoms with van der Waals surface area (Å²) in [5.74, 6) is 2.32. The van der Waals surface area contributed by atoms with E-state index in [0.29, 0.717) is 6.61 Å². The minimum Gasteiger partial charge on any atom is -0.489 e. The molecule has 3 heterocycles. The molecule has 250 valence electrons. The van der Waals surface area contributed by atoms with E-state index < -0.39 is 17.2 Å². The number of nitrogens with one attached hydrogen (secondary N) is 1. The lowest BCUT2D eigenvalue weighted by Crippen LogP contribution is -2.60. The smallest absolute Gasteiger partial charge is 0.408 e. The second kappa shape index (κ2) is 12.2. The van der Waals surface area contributed by atoms with Crippen molar-refractivity contribution in [2.45, 2.75) is 57.7 Å². The van der Waals surface area contributed by atoms with Gasteiger partial charge in [-0.25, -0.2) is 14.8 Å². The largest absolute Gasteiger partial charge is 0.489 e. The molecule has 2 aromatic heterocycles. The quantitative estimate of drug-likeness (QED) is 0.177. The van der Waals surface area contributed by atoms with E-state index in [9.17, 15) is 9.90 Å². The van der Waals surface area contributed by atoms with Gasteiger partial charge in [-0.2, -0.15) is 0 Å². The van der Waals surface area contributed by atoms with Crippen molar-refractivity contribution in [3.05, 3.63) is 133 Å². The lowest BCUT2D eigenvalue weighted by atomic mass is 9.69. The molecule has 1 amide bonds. The highest BCUT2D eigenvalue weighted by Gasteiger charge is 2.50. The number of ether oxygens (including phenoxy) is 1. The van der Waals surface area contributed by atoms with Gasteiger partial charge in [0.1, 0.15) is 18.2 Å². The van der Waals surface area contributed by atoms with Crippen molar-refractivity contribution in [2.24, 2.45) is 0 Å². The maximum Gasteiger partial charge on any atom is 0.408 e. The van der Waals surface area contributed by atoms with Crippen molar-refractivity contribution in [1.29, 1.82) is 0 Å². The number of carbonyl (C=O) groups is 1. The van der Waals surface area contributed by atoms with E-state index in [1.807, 2.05) is 75.4 Å². The van der Waals surface area contributed by atoms with Gasteiger partial charge >= 0.3 is 6.09 Å². The van der Waals surface area contributed by atoms with Crippen molar-refractivity contribution < 1.29 is 14.6 Å². The topological polar surface area (TPSA) is 92.5 Å². The minimum atomic E-state index is -0.892. The Morgan fingerprint density at radius 2 is 1.58 bits per heavy atom. The number of para-hydroxylation sites is 1. The number of hydrogen-bond donors (Lipinski definition) is 2. The molecule has 1 saturated carbocycles. The number of nitrogens with zero attached hydrogens (tertiary/aromatic N) is 4. The number of benzene rings is 4. The van der Waals surface area contributed by atoms with E-state index in [1.54, 1.807) is 11.1 Å². The summed E-state index contributed by atoms with van der Waals surface area (Å²) in [5.41, 5.74) is 7.46. The predicted octanol–water partition coefficient (Wildman–Crippen LogP) is 10.1. The summed E-state index contributed by atoms with van der Waals surface area (Å²) in [7, 11) is 0. The number of fused-ring (bicyclic) bond motifs is 5. The van der Waals surface area contributed by atoms with Gasteiger partial charge in [-0.1, -0.05) is 66.7 Å². The Hall–Kier alpha value is -5.89. The van der Waals surface area contributed by atoms with Crippen LogP contribution in [0.15, 0.2) is 121 Å². The van der Waals surface area contributed by atoms with Crippen LogP contribution in [0, 0.1) is 0 Å². The number of imidazole rings is 1. The molecule has 8 nitrogen and oxygen atoms in total. The van der Waals surface area contributed by atoms with Gasteiger partial charge in [-0.05, 0) is 99.7 Å². The predicted molar refractivity (Wildman–Crippen MR) is 197 cm³/mol. The Morgan fingerprint density at radius 3 is 2.26 bits per heavy atom. The number of carboxylic acid groups (broad SMARTS) is 1. The van der Waals surface area contributed by atoms with Crippen molar-refractivity contribution in [3.63, 3.8) is 0 Å². The summed E-state index contributed by atoms with van der Waals surface area (Å²) in [6.07, 6.45) is 3.48. The number of rotatable bonds is 7. The first kappa shape index (κ1) is 31.4. The van der Waals surface area contributed by atoms with E-state index in [4.69, 9.17) is 14.7 Å². The van der Waals surface area contributed by atoms with Crippen LogP contribution in [0.4, 0.5) is 16.3 Å². The van der Waals surface area contributed by atoms with Gasteiger partial charge in [0.25, 0.3) is 0 Å². The Balaban J connectivity index is 1.27. The molecule has 0 bridgehead atoms. The van der Waals surface area contributed by atoms with Crippen LogP contribution >= 0.6 is 0 Å². The zero-order valence-corrected chi connectivity index (χ0v) is 28.4. The molecule has 1 fully saturated rings. The Kier molecular flexibility index (Phi) is 7.67. The second-order valence-electron chi connectivity index (χ2n) is 14.1. The van der Waals surface area contributed by atoms with Crippen molar-refractivity contribution in [2.75, 3.05) is 5.32 Å². The summed E-state index contributed by atoms with van der Waals surface area (Å²) in [4.78, 5) is 24.4. The van der Waals surface area contributed by atoms with Crippen LogP contribution in [0.2, 0.25) is 0 Å². The average Bonchev–Trinajstić information content (AvgIpc) is 3.43. The minimum absolute atomic E-state index is 0.486. The molecule has 0 atom stereocenters. The molecular formula is C42H39N5O3. The molecule has 1 aliphatic heterocycles. The van der Waals surface area contributed by atoms with Gasteiger partial charge in [0, 0.05) is 28.4 Å². The van der Waals surface area contributed by atoms with Crippen LogP contribution in [-0.4, -0.2) is 36.2 Å². The normalized spacial score (nSPS) is 14.2. The first-order valence-corrected chi connectivity index (χ1v) is 17.1. The van der Waals surface area contributed by atoms with Crippen LogP contribution < -0.4 is 10.1 Å². The number of amides is 1. The fourth-order valence-electron chi connectivity index (χ4n) is 7.54. The highest BCUT2D eigenvalue weighted by atomic mass is 16.5. The second-order valence-corrected chi connectivity index (χ2v) is 14.1. The van der Waals surface area contributed by atoms with E-state index in [0.717, 1.165) is 87.2 Å². The average molecular weight is 662 g/mol. The Bertz CT molecular complexity index is 2180. The molecule has 2 N–H and O–H groups in total. The van der Waals surface area contributed by atoms with Gasteiger partial charge in [0.2, 0.25) is 0 Å². The first-order chi connectivity index (χ1) is 24.2. The summed E-state index contributed by atoms with van der Waals surface area (Å²) < 4.78 is 8.32. The van der Waals surface area contributed by atoms with E-state index in [-0.39, 0.29) is 0 Å². The molecule has 0 spiro atoms. The fourth-order valence-corrected chi connectivity index (χ4v) is 7.54. The Labute approximate surface area is 292 Å². The molecule has 50 heavy (non-hydrogen) atoms. The summed E-state index contributed by atoms with van der Waals surface area (Å²) in [6, 6.07) is 38.9. The molecule has 2 aliphatic rings. The highest BCUT2D eigenvalue weighted by molar-refractivity contribution is 5.91. The van der Waals surface area contributed by atoms with Gasteiger partial charge in [0.15, 0.2) is 5.82 Å². The maximum absolute atomic E-state index is 12.7. The Morgan fingerprint density at radius 1 is 0.880 bits per heavy atom. The SMILES string of the molecule is CC(C)(C)N(C(=O)O)C1(c2ccc(-c3c(-c4ccc(OCc5ccccc5)cc4)nc4n3-c3cccnc3Nc3ccccc3-4)cc2)CCC1. The lowest BCUT2D eigenvalue weighted by molar-refractivity contribution is -0.0328. The zero-order valence-electron chi connectivity index (χ0n) is 28.4. The standard InChI is InChI=1S/C42H39N5O3/c1-41(2,3)47(40(48)49)42(24-10-25-42)31-20-16-30(17-21-31)37-36(29-18-22-32(23-19-29)50-27-28-11-5-4-6-12-28)45-39-33-13-7-8-14-34(33)44-38-35(46(37)39)15-9-26-43-38/h4-9,11-23,26H,10,24-25,27H2,1-3H3,(H,43,44)(H,48,49). The van der Waals surface area contributed by atoms with Gasteiger partial charge in [0.05, 0.1) is 28.3 Å². The number of pyridine rings is 1. The van der Waals surface area contributed by atoms with E-state index in [1.165, 1.54) is 0 Å². The van der Waals surface area contributed by atoms with E-state index in [2.05, 4.69) is 70.5 Å². The molecule has 6 aromatic rings. The lowest BCUT2D eigenvalue weighted by Gasteiger charge is -2.54. The molecule has 0 radical (unpaired) electrons. The monoisotopic (exact) mass is 661 g/mol. The van der Waals surface area contributed by atoms with Crippen molar-refractivity contribution in [1.82, 2.24) is 19.4 Å². The third kappa shape index (κ3) is 5.37. The molecule has 8 rings (SSSR count). The van der Waals surface area contributed by atoms with E-state index >= 15 is 0 Å². The van der Waals surface area contributed by atoms with Crippen LogP contribution in [0.3, 0.4) is 0 Å². The number of anilines is 2. The third-order valence-corrected chi connectivity index (χ3v) is 9.87. The maximum atomic E-state index is 12.7. The molecule has 8 heteroatoms. The number of hydrogen-bond acceptors (Lipinski definition) is 5. The third-order valence-electron chi connectivity index (χ3n) is 9.87. The van der Waals surface area contributed by atoms with Gasteiger partial charge in [-0.15, -0.1) is 0 Å². The molecular weight excluding hydrogens is 622 g/mol. The molecule has 0 unspecified atom stereocenters. The molecule has 0 saturated heterocycles. The van der Waals surface area contributed by atoms with Crippen LogP contribution in [0.25, 0.3) is 39.6 Å². The van der Waals surface area contributed by atoms with Gasteiger partial charge < -0.3 is 15.2 Å². The molecule has 1 aliphatic carbocycles. The van der Waals surface area contributed by atoms with Crippen molar-refractivity contribution >= 4 is 17.6 Å². The van der Waals surface area contributed by atoms with Gasteiger partial charge in [-0.3, -0.25) is 9.47 Å². The summed E-state index contributed by atoms with van der Waals surface area (Å²) in [5, 5.41) is 13.9. The fraction of sp³-hybridized carbons (Fsp3) is 0.214. The van der Waals surface area contributed by atoms with Crippen molar-refractivity contribution in [3.8, 4) is 45.3 Å². The first-order valence-electron chi connectivity index (χ1n) is 17.1. The summed E-state index contributed by atoms with van der Waals surface area (Å²) in [6.45, 7) is 6.40. The number of aromatic nitrogens is 3.